The lowest BCUT2D eigenvalue weighted by molar-refractivity contribution is 0.0601. The molecule has 0 atom stereocenters. The molecule has 2 rings (SSSR count). The average Bonchev–Trinajstić information content (AvgIpc) is 2.49. The molecule has 0 saturated heterocycles. The predicted octanol–water partition coefficient (Wildman–Crippen LogP) is 3.60. The third kappa shape index (κ3) is 3.67. The van der Waals surface area contributed by atoms with Gasteiger partial charge in [0.25, 0.3) is 0 Å². The molecule has 0 fully saturated rings. The van der Waals surface area contributed by atoms with Gasteiger partial charge in [0.05, 0.1) is 12.7 Å². The van der Waals surface area contributed by atoms with Crippen LogP contribution in [0.4, 0.5) is 5.69 Å². The zero-order chi connectivity index (χ0) is 15.4. The Morgan fingerprint density at radius 3 is 2.52 bits per heavy atom. The molecule has 0 amide bonds. The molecule has 0 saturated carbocycles. The van der Waals surface area contributed by atoms with Gasteiger partial charge >= 0.3 is 5.97 Å². The Bertz CT molecular complexity index is 653. The van der Waals surface area contributed by atoms with Gasteiger partial charge in [-0.15, -0.1) is 0 Å². The smallest absolute Gasteiger partial charge is 0.340 e. The Hall–Kier alpha value is -2.20. The monoisotopic (exact) mass is 305 g/mol. The number of nitrogen functional groups attached to an aromatic ring is 1. The highest BCUT2D eigenvalue weighted by Gasteiger charge is 2.14. The molecule has 0 heterocycles. The van der Waals surface area contributed by atoms with Gasteiger partial charge in [-0.3, -0.25) is 0 Å². The van der Waals surface area contributed by atoms with Gasteiger partial charge in [-0.25, -0.2) is 4.79 Å². The molecule has 2 N–H and O–H groups in total. The number of hydrogen-bond acceptors (Lipinski definition) is 4. The number of carbonyl (C=O) groups is 1. The minimum atomic E-state index is -0.479. The van der Waals surface area contributed by atoms with E-state index in [1.807, 2.05) is 19.1 Å². The summed E-state index contributed by atoms with van der Waals surface area (Å²) in [4.78, 5) is 11.7. The van der Waals surface area contributed by atoms with Crippen molar-refractivity contribution in [2.75, 3.05) is 12.8 Å². The molecule has 0 aromatic heterocycles. The van der Waals surface area contributed by atoms with E-state index in [-0.39, 0.29) is 0 Å². The molecule has 0 bridgehead atoms. The van der Waals surface area contributed by atoms with E-state index in [2.05, 4.69) is 0 Å². The van der Waals surface area contributed by atoms with Gasteiger partial charge in [0, 0.05) is 10.7 Å². The van der Waals surface area contributed by atoms with Gasteiger partial charge in [-0.1, -0.05) is 23.7 Å². The SMILES string of the molecule is COC(=O)c1cc(OCc2ccc(Cl)cc2)cc(C)c1N. The molecule has 0 unspecified atom stereocenters. The number of nitrogens with two attached hydrogens (primary N) is 1. The van der Waals surface area contributed by atoms with Crippen molar-refractivity contribution in [3.05, 3.63) is 58.1 Å². The normalized spacial score (nSPS) is 10.2. The van der Waals surface area contributed by atoms with Crippen LogP contribution in [0.15, 0.2) is 36.4 Å². The standard InChI is InChI=1S/C16H16ClNO3/c1-10-7-13(8-14(15(10)18)16(19)20-2)21-9-11-3-5-12(17)6-4-11/h3-8H,9,18H2,1-2H3. The van der Waals surface area contributed by atoms with E-state index in [9.17, 15) is 4.79 Å². The summed E-state index contributed by atoms with van der Waals surface area (Å²) in [6, 6.07) is 10.7. The van der Waals surface area contributed by atoms with Crippen LogP contribution in [-0.2, 0) is 11.3 Å². The first kappa shape index (κ1) is 15.2. The number of ether oxygens (including phenoxy) is 2. The molecular weight excluding hydrogens is 290 g/mol. The fourth-order valence-electron chi connectivity index (χ4n) is 1.87. The van der Waals surface area contributed by atoms with Crippen LogP contribution in [0.2, 0.25) is 5.02 Å². The van der Waals surface area contributed by atoms with Crippen LogP contribution in [0.25, 0.3) is 0 Å². The third-order valence-electron chi connectivity index (χ3n) is 3.08. The quantitative estimate of drug-likeness (QED) is 0.692. The minimum absolute atomic E-state index is 0.309. The summed E-state index contributed by atoms with van der Waals surface area (Å²) in [6.07, 6.45) is 0. The van der Waals surface area contributed by atoms with Crippen LogP contribution >= 0.6 is 11.6 Å². The second kappa shape index (κ2) is 6.50. The van der Waals surface area contributed by atoms with Crippen LogP contribution in [0.1, 0.15) is 21.5 Å². The van der Waals surface area contributed by atoms with E-state index in [0.29, 0.717) is 28.6 Å². The van der Waals surface area contributed by atoms with E-state index in [1.54, 1.807) is 24.3 Å². The van der Waals surface area contributed by atoms with Crippen LogP contribution in [-0.4, -0.2) is 13.1 Å². The molecule has 0 spiro atoms. The highest BCUT2D eigenvalue weighted by molar-refractivity contribution is 6.30. The summed E-state index contributed by atoms with van der Waals surface area (Å²) < 4.78 is 10.4. The first-order valence-electron chi connectivity index (χ1n) is 6.37. The Labute approximate surface area is 128 Å². The van der Waals surface area contributed by atoms with Crippen molar-refractivity contribution in [2.24, 2.45) is 0 Å². The fraction of sp³-hybridized carbons (Fsp3) is 0.188. The van der Waals surface area contributed by atoms with Crippen molar-refractivity contribution in [3.63, 3.8) is 0 Å². The lowest BCUT2D eigenvalue weighted by Gasteiger charge is -2.12. The molecule has 5 heteroatoms. The summed E-state index contributed by atoms with van der Waals surface area (Å²) >= 11 is 5.83. The van der Waals surface area contributed by atoms with Gasteiger partial charge in [0.2, 0.25) is 0 Å². The van der Waals surface area contributed by atoms with Crippen molar-refractivity contribution in [2.45, 2.75) is 13.5 Å². The number of halogens is 1. The zero-order valence-electron chi connectivity index (χ0n) is 11.9. The molecule has 0 aliphatic heterocycles. The van der Waals surface area contributed by atoms with Crippen LogP contribution in [0, 0.1) is 6.92 Å². The van der Waals surface area contributed by atoms with E-state index >= 15 is 0 Å². The van der Waals surface area contributed by atoms with Gasteiger partial charge in [0.15, 0.2) is 0 Å². The number of rotatable bonds is 4. The highest BCUT2D eigenvalue weighted by Crippen LogP contribution is 2.25. The number of anilines is 1. The first-order chi connectivity index (χ1) is 10.0. The Kier molecular flexibility index (Phi) is 4.70. The molecule has 2 aromatic carbocycles. The number of benzene rings is 2. The predicted molar refractivity (Wildman–Crippen MR) is 82.7 cm³/mol. The van der Waals surface area contributed by atoms with Gasteiger partial charge in [-0.2, -0.15) is 0 Å². The summed E-state index contributed by atoms with van der Waals surface area (Å²) in [5, 5.41) is 0.676. The molecule has 2 aromatic rings. The summed E-state index contributed by atoms with van der Waals surface area (Å²) in [5.74, 6) is 0.0876. The maximum absolute atomic E-state index is 11.7. The third-order valence-corrected chi connectivity index (χ3v) is 3.34. The van der Waals surface area contributed by atoms with E-state index < -0.39 is 5.97 Å². The summed E-state index contributed by atoms with van der Waals surface area (Å²) in [7, 11) is 1.32. The molecule has 110 valence electrons. The number of methoxy groups -OCH3 is 1. The average molecular weight is 306 g/mol. The Balaban J connectivity index is 2.18. The topological polar surface area (TPSA) is 61.5 Å². The van der Waals surface area contributed by atoms with Crippen LogP contribution in [0.3, 0.4) is 0 Å². The van der Waals surface area contributed by atoms with Gasteiger partial charge in [-0.05, 0) is 42.3 Å². The van der Waals surface area contributed by atoms with E-state index in [0.717, 1.165) is 11.1 Å². The molecule has 21 heavy (non-hydrogen) atoms. The molecule has 4 nitrogen and oxygen atoms in total. The maximum atomic E-state index is 11.7. The van der Waals surface area contributed by atoms with Crippen molar-refractivity contribution < 1.29 is 14.3 Å². The number of esters is 1. The van der Waals surface area contributed by atoms with Gasteiger partial charge in [0.1, 0.15) is 12.4 Å². The molecule has 0 aliphatic rings. The van der Waals surface area contributed by atoms with Crippen LogP contribution < -0.4 is 10.5 Å². The lowest BCUT2D eigenvalue weighted by atomic mass is 10.1. The molecular formula is C16H16ClNO3. The fourth-order valence-corrected chi connectivity index (χ4v) is 2.00. The summed E-state index contributed by atoms with van der Waals surface area (Å²) in [5.41, 5.74) is 8.34. The number of carbonyl (C=O) groups excluding carboxylic acids is 1. The van der Waals surface area contributed by atoms with E-state index in [1.165, 1.54) is 7.11 Å². The first-order valence-corrected chi connectivity index (χ1v) is 6.74. The number of aryl methyl sites for hydroxylation is 1. The van der Waals surface area contributed by atoms with Crippen molar-refractivity contribution in [1.29, 1.82) is 0 Å². The number of hydrogen-bond donors (Lipinski definition) is 1. The Morgan fingerprint density at radius 2 is 1.90 bits per heavy atom. The maximum Gasteiger partial charge on any atom is 0.340 e. The second-order valence-electron chi connectivity index (χ2n) is 4.61. The molecule has 0 radical (unpaired) electrons. The minimum Gasteiger partial charge on any atom is -0.489 e. The highest BCUT2D eigenvalue weighted by atomic mass is 35.5. The second-order valence-corrected chi connectivity index (χ2v) is 5.04. The van der Waals surface area contributed by atoms with E-state index in [4.69, 9.17) is 26.8 Å². The van der Waals surface area contributed by atoms with Crippen molar-refractivity contribution >= 4 is 23.3 Å². The Morgan fingerprint density at radius 1 is 1.24 bits per heavy atom. The summed E-state index contributed by atoms with van der Waals surface area (Å²) in [6.45, 7) is 2.19. The zero-order valence-corrected chi connectivity index (χ0v) is 12.6. The van der Waals surface area contributed by atoms with Crippen molar-refractivity contribution in [3.8, 4) is 5.75 Å². The molecule has 0 aliphatic carbocycles. The largest absolute Gasteiger partial charge is 0.489 e. The lowest BCUT2D eigenvalue weighted by Crippen LogP contribution is -2.08. The van der Waals surface area contributed by atoms with Crippen molar-refractivity contribution in [1.82, 2.24) is 0 Å². The van der Waals surface area contributed by atoms with Gasteiger partial charge < -0.3 is 15.2 Å². The van der Waals surface area contributed by atoms with Crippen LogP contribution in [0.5, 0.6) is 5.75 Å².